The zero-order valence-corrected chi connectivity index (χ0v) is 9.49. The van der Waals surface area contributed by atoms with Crippen LogP contribution in [0.1, 0.15) is 5.56 Å². The largest absolute Gasteiger partial charge is 0.331 e. The first-order chi connectivity index (χ1) is 8.09. The molecule has 0 aliphatic rings. The van der Waals surface area contributed by atoms with Gasteiger partial charge in [0, 0.05) is 13.6 Å². The molecule has 0 spiro atoms. The van der Waals surface area contributed by atoms with Crippen molar-refractivity contribution in [1.82, 2.24) is 15.8 Å². The molecule has 0 fully saturated rings. The third-order valence-electron chi connectivity index (χ3n) is 2.08. The third-order valence-corrected chi connectivity index (χ3v) is 2.08. The first-order valence-corrected chi connectivity index (χ1v) is 5.16. The summed E-state index contributed by atoms with van der Waals surface area (Å²) in [4.78, 5) is 11.3. The van der Waals surface area contributed by atoms with Crippen LogP contribution in [0, 0.1) is 0 Å². The van der Waals surface area contributed by atoms with E-state index in [0.29, 0.717) is 6.54 Å². The lowest BCUT2D eigenvalue weighted by Crippen LogP contribution is -2.46. The molecule has 2 N–H and O–H groups in total. The van der Waals surface area contributed by atoms with Gasteiger partial charge >= 0.3 is 6.03 Å². The minimum absolute atomic E-state index is 0.458. The second-order valence-electron chi connectivity index (χ2n) is 3.46. The highest BCUT2D eigenvalue weighted by Crippen LogP contribution is 1.97. The molecule has 0 aliphatic carbocycles. The van der Waals surface area contributed by atoms with Crippen molar-refractivity contribution in [1.29, 1.82) is 0 Å². The average Bonchev–Trinajstić information content (AvgIpc) is 2.34. The Morgan fingerprint density at radius 3 is 2.59 bits per heavy atom. The van der Waals surface area contributed by atoms with Crippen molar-refractivity contribution >= 4 is 6.03 Å². The molecule has 0 aromatic heterocycles. The number of halogens is 2. The maximum absolute atomic E-state index is 11.9. The summed E-state index contributed by atoms with van der Waals surface area (Å²) in [6, 6.07) is 8.88. The molecule has 17 heavy (non-hydrogen) atoms. The van der Waals surface area contributed by atoms with Crippen molar-refractivity contribution in [3.05, 3.63) is 35.9 Å². The molecular weight excluding hydrogens is 228 g/mol. The minimum atomic E-state index is -2.54. The van der Waals surface area contributed by atoms with Gasteiger partial charge in [0.25, 0.3) is 6.43 Å². The molecule has 0 bridgehead atoms. The van der Waals surface area contributed by atoms with Crippen molar-refractivity contribution in [2.45, 2.75) is 13.0 Å². The predicted octanol–water partition coefficient (Wildman–Crippen LogP) is 1.60. The van der Waals surface area contributed by atoms with Gasteiger partial charge in [0.05, 0.1) is 6.54 Å². The number of amides is 2. The van der Waals surface area contributed by atoms with Gasteiger partial charge in [0.15, 0.2) is 0 Å². The first-order valence-electron chi connectivity index (χ1n) is 5.16. The number of alkyl halides is 2. The molecular formula is C11H15F2N3O. The van der Waals surface area contributed by atoms with E-state index in [0.717, 1.165) is 10.6 Å². The van der Waals surface area contributed by atoms with Crippen LogP contribution < -0.4 is 10.7 Å². The molecule has 1 rings (SSSR count). The van der Waals surface area contributed by atoms with Crippen molar-refractivity contribution in [2.24, 2.45) is 0 Å². The highest BCUT2D eigenvalue weighted by molar-refractivity contribution is 5.73. The summed E-state index contributed by atoms with van der Waals surface area (Å²) in [6.07, 6.45) is -2.54. The van der Waals surface area contributed by atoms with Crippen LogP contribution in [0.3, 0.4) is 0 Å². The van der Waals surface area contributed by atoms with Gasteiger partial charge in [-0.3, -0.25) is 5.01 Å². The number of carbonyl (C=O) groups is 1. The van der Waals surface area contributed by atoms with Crippen LogP contribution in [-0.4, -0.2) is 31.1 Å². The highest BCUT2D eigenvalue weighted by atomic mass is 19.3. The van der Waals surface area contributed by atoms with Crippen LogP contribution in [0.2, 0.25) is 0 Å². The van der Waals surface area contributed by atoms with Gasteiger partial charge in [-0.15, -0.1) is 0 Å². The number of carbonyl (C=O) groups excluding carboxylic acids is 1. The van der Waals surface area contributed by atoms with Crippen LogP contribution >= 0.6 is 0 Å². The Kier molecular flexibility index (Phi) is 5.35. The molecule has 6 heteroatoms. The Balaban J connectivity index is 2.29. The van der Waals surface area contributed by atoms with Gasteiger partial charge in [-0.1, -0.05) is 30.3 Å². The van der Waals surface area contributed by atoms with E-state index in [-0.39, 0.29) is 0 Å². The SMILES string of the molecule is CN(NCc1ccccc1)C(=O)NCC(F)F. The van der Waals surface area contributed by atoms with Crippen molar-refractivity contribution in [3.8, 4) is 0 Å². The highest BCUT2D eigenvalue weighted by Gasteiger charge is 2.10. The van der Waals surface area contributed by atoms with E-state index in [1.165, 1.54) is 7.05 Å². The van der Waals surface area contributed by atoms with Crippen molar-refractivity contribution in [3.63, 3.8) is 0 Å². The Hall–Kier alpha value is -1.69. The summed E-state index contributed by atoms with van der Waals surface area (Å²) >= 11 is 0. The quantitative estimate of drug-likeness (QED) is 0.771. The molecule has 0 unspecified atom stereocenters. The number of hydrogen-bond donors (Lipinski definition) is 2. The fourth-order valence-electron chi connectivity index (χ4n) is 1.16. The monoisotopic (exact) mass is 243 g/mol. The molecule has 1 aromatic rings. The number of nitrogens with one attached hydrogen (secondary N) is 2. The molecule has 4 nitrogen and oxygen atoms in total. The summed E-state index contributed by atoms with van der Waals surface area (Å²) in [6.45, 7) is -0.185. The fraction of sp³-hybridized carbons (Fsp3) is 0.364. The van der Waals surface area contributed by atoms with E-state index in [1.807, 2.05) is 30.3 Å². The van der Waals surface area contributed by atoms with Gasteiger partial charge < -0.3 is 5.32 Å². The molecule has 2 amide bonds. The lowest BCUT2D eigenvalue weighted by Gasteiger charge is -2.18. The zero-order valence-electron chi connectivity index (χ0n) is 9.49. The third kappa shape index (κ3) is 5.26. The average molecular weight is 243 g/mol. The van der Waals surface area contributed by atoms with Crippen molar-refractivity contribution < 1.29 is 13.6 Å². The van der Waals surface area contributed by atoms with E-state index in [4.69, 9.17) is 0 Å². The predicted molar refractivity (Wildman–Crippen MR) is 60.4 cm³/mol. The molecule has 0 aliphatic heterocycles. The zero-order chi connectivity index (χ0) is 12.7. The maximum atomic E-state index is 11.9. The summed E-state index contributed by atoms with van der Waals surface area (Å²) < 4.78 is 23.7. The van der Waals surface area contributed by atoms with Crippen molar-refractivity contribution in [2.75, 3.05) is 13.6 Å². The standard InChI is InChI=1S/C11H15F2N3O/c1-16(11(17)14-8-10(12)13)15-7-9-5-3-2-4-6-9/h2-6,10,15H,7-8H2,1H3,(H,14,17). The molecule has 0 saturated heterocycles. The topological polar surface area (TPSA) is 44.4 Å². The van der Waals surface area contributed by atoms with E-state index >= 15 is 0 Å². The van der Waals surface area contributed by atoms with E-state index in [9.17, 15) is 13.6 Å². The molecule has 0 atom stereocenters. The fourth-order valence-corrected chi connectivity index (χ4v) is 1.16. The second kappa shape index (κ2) is 6.80. The van der Waals surface area contributed by atoms with Crippen LogP contribution in [0.4, 0.5) is 13.6 Å². The number of hydrogen-bond acceptors (Lipinski definition) is 2. The maximum Gasteiger partial charge on any atom is 0.331 e. The molecule has 94 valence electrons. The second-order valence-corrected chi connectivity index (χ2v) is 3.46. The summed E-state index contributed by atoms with van der Waals surface area (Å²) in [7, 11) is 1.48. The minimum Gasteiger partial charge on any atom is -0.331 e. The Bertz CT molecular complexity index is 346. The van der Waals surface area contributed by atoms with Gasteiger partial charge in [0.2, 0.25) is 0 Å². The summed E-state index contributed by atoms with van der Waals surface area (Å²) in [5, 5.41) is 3.24. The lowest BCUT2D eigenvalue weighted by molar-refractivity contribution is 0.137. The van der Waals surface area contributed by atoms with E-state index < -0.39 is 19.0 Å². The number of hydrazine groups is 1. The number of rotatable bonds is 5. The smallest absolute Gasteiger partial charge is 0.331 e. The van der Waals surface area contributed by atoms with Gasteiger partial charge in [-0.05, 0) is 5.56 Å². The molecule has 0 heterocycles. The Morgan fingerprint density at radius 1 is 1.35 bits per heavy atom. The Labute approximate surface area is 98.6 Å². The van der Waals surface area contributed by atoms with Crippen LogP contribution in [-0.2, 0) is 6.54 Å². The van der Waals surface area contributed by atoms with Gasteiger partial charge in [0.1, 0.15) is 0 Å². The van der Waals surface area contributed by atoms with Crippen LogP contribution in [0.15, 0.2) is 30.3 Å². The summed E-state index contributed by atoms with van der Waals surface area (Å²) in [5.74, 6) is 0. The van der Waals surface area contributed by atoms with Crippen LogP contribution in [0.5, 0.6) is 0 Å². The number of nitrogens with zero attached hydrogens (tertiary/aromatic N) is 1. The lowest BCUT2D eigenvalue weighted by atomic mass is 10.2. The number of urea groups is 1. The molecule has 0 saturated carbocycles. The Morgan fingerprint density at radius 2 is 2.00 bits per heavy atom. The van der Waals surface area contributed by atoms with E-state index in [1.54, 1.807) is 0 Å². The van der Waals surface area contributed by atoms with Gasteiger partial charge in [-0.25, -0.2) is 19.0 Å². The number of benzene rings is 1. The van der Waals surface area contributed by atoms with E-state index in [2.05, 4.69) is 10.7 Å². The first kappa shape index (κ1) is 13.4. The molecule has 1 aromatic carbocycles. The van der Waals surface area contributed by atoms with Gasteiger partial charge in [-0.2, -0.15) is 0 Å². The molecule has 0 radical (unpaired) electrons. The summed E-state index contributed by atoms with van der Waals surface area (Å²) in [5.41, 5.74) is 3.80. The van der Waals surface area contributed by atoms with Crippen LogP contribution in [0.25, 0.3) is 0 Å². The normalized spacial score (nSPS) is 10.4.